The summed E-state index contributed by atoms with van der Waals surface area (Å²) in [4.78, 5) is 37.3. The van der Waals surface area contributed by atoms with E-state index in [1.165, 1.54) is 21.3 Å². The molecule has 3 rings (SSSR count). The van der Waals surface area contributed by atoms with Crippen LogP contribution in [0, 0.1) is 11.8 Å². The number of ketones is 1. The number of benzene rings is 1. The molecule has 4 atom stereocenters. The fraction of sp³-hybridized carbons (Fsp3) is 0.438. The summed E-state index contributed by atoms with van der Waals surface area (Å²) in [5.74, 6) is -5.62. The predicted molar refractivity (Wildman–Crippen MR) is 75.3 cm³/mol. The summed E-state index contributed by atoms with van der Waals surface area (Å²) in [6, 6.07) is 6.67. The van der Waals surface area contributed by atoms with Gasteiger partial charge in [0.2, 0.25) is 5.79 Å². The van der Waals surface area contributed by atoms with Crippen LogP contribution in [0.5, 0.6) is 0 Å². The number of hydrogen-bond acceptors (Lipinski definition) is 7. The number of fused-ring (bicyclic) bond motifs is 4. The average Bonchev–Trinajstić information content (AvgIpc) is 2.92. The Balaban J connectivity index is 2.26. The Morgan fingerprint density at radius 2 is 1.74 bits per heavy atom. The lowest BCUT2D eigenvalue weighted by Gasteiger charge is -2.35. The van der Waals surface area contributed by atoms with Gasteiger partial charge < -0.3 is 18.9 Å². The van der Waals surface area contributed by atoms with Crippen LogP contribution < -0.4 is 0 Å². The van der Waals surface area contributed by atoms with E-state index in [2.05, 4.69) is 0 Å². The van der Waals surface area contributed by atoms with Gasteiger partial charge in [-0.25, -0.2) is 0 Å². The third kappa shape index (κ3) is 1.93. The van der Waals surface area contributed by atoms with E-state index in [0.29, 0.717) is 11.1 Å². The molecule has 0 unspecified atom stereocenters. The molecule has 0 radical (unpaired) electrons. The molecule has 0 amide bonds. The molecule has 7 nitrogen and oxygen atoms in total. The van der Waals surface area contributed by atoms with E-state index >= 15 is 0 Å². The van der Waals surface area contributed by atoms with Crippen molar-refractivity contribution in [3.63, 3.8) is 0 Å². The van der Waals surface area contributed by atoms with Crippen molar-refractivity contribution in [2.24, 2.45) is 11.8 Å². The van der Waals surface area contributed by atoms with E-state index in [0.717, 1.165) is 0 Å². The number of carbonyl (C=O) groups is 3. The molecule has 7 heteroatoms. The topological polar surface area (TPSA) is 88.1 Å². The van der Waals surface area contributed by atoms with Crippen LogP contribution in [0.4, 0.5) is 0 Å². The molecule has 0 N–H and O–H groups in total. The van der Waals surface area contributed by atoms with Gasteiger partial charge in [-0.1, -0.05) is 24.3 Å². The minimum absolute atomic E-state index is 0.367. The summed E-state index contributed by atoms with van der Waals surface area (Å²) in [5, 5.41) is 0. The van der Waals surface area contributed by atoms with Crippen LogP contribution in [0.1, 0.15) is 15.9 Å². The van der Waals surface area contributed by atoms with E-state index in [1.807, 2.05) is 0 Å². The first-order valence-corrected chi connectivity index (χ1v) is 7.04. The van der Waals surface area contributed by atoms with Gasteiger partial charge in [0.15, 0.2) is 5.78 Å². The number of ether oxygens (including phenoxy) is 4. The monoisotopic (exact) mass is 320 g/mol. The molecular formula is C16H16O7. The van der Waals surface area contributed by atoms with E-state index in [4.69, 9.17) is 18.9 Å². The Morgan fingerprint density at radius 3 is 2.35 bits per heavy atom. The van der Waals surface area contributed by atoms with Crippen molar-refractivity contribution in [1.82, 2.24) is 0 Å². The molecule has 2 heterocycles. The number of esters is 2. The number of rotatable bonds is 3. The van der Waals surface area contributed by atoms with Gasteiger partial charge in [-0.3, -0.25) is 14.4 Å². The first-order valence-electron chi connectivity index (χ1n) is 7.04. The molecule has 2 aliphatic heterocycles. The molecule has 2 bridgehead atoms. The quantitative estimate of drug-likeness (QED) is 0.756. The molecule has 0 saturated carbocycles. The van der Waals surface area contributed by atoms with Gasteiger partial charge >= 0.3 is 11.9 Å². The first-order chi connectivity index (χ1) is 11.0. The summed E-state index contributed by atoms with van der Waals surface area (Å²) in [5.41, 5.74) is 0.774. The van der Waals surface area contributed by atoms with Crippen molar-refractivity contribution in [2.45, 2.75) is 11.9 Å². The number of methoxy groups -OCH3 is 3. The van der Waals surface area contributed by atoms with Crippen LogP contribution in [0.25, 0.3) is 0 Å². The zero-order valence-electron chi connectivity index (χ0n) is 12.9. The molecule has 1 fully saturated rings. The standard InChI is InChI=1S/C16H16O7/c1-20-14(18)10-11(15(19)21-2)16(22-3)9-7-5-4-6-8(9)12(17)13(10)23-16/h4-7,10-11,13H,1-3H3/t10-,11+,13-,16-/m0/s1. The fourth-order valence-electron chi connectivity index (χ4n) is 3.46. The summed E-state index contributed by atoms with van der Waals surface area (Å²) < 4.78 is 20.9. The van der Waals surface area contributed by atoms with Crippen molar-refractivity contribution in [1.29, 1.82) is 0 Å². The predicted octanol–water partition coefficient (Wildman–Crippen LogP) is 0.659. The molecular weight excluding hydrogens is 304 g/mol. The normalized spacial score (nSPS) is 31.4. The molecule has 1 aromatic rings. The second kappa shape index (κ2) is 5.43. The maximum atomic E-state index is 12.7. The van der Waals surface area contributed by atoms with Gasteiger partial charge in [-0.2, -0.15) is 0 Å². The molecule has 2 aliphatic rings. The number of carbonyl (C=O) groups excluding carboxylic acids is 3. The lowest BCUT2D eigenvalue weighted by Crippen LogP contribution is -2.44. The van der Waals surface area contributed by atoms with Crippen LogP contribution in [0.3, 0.4) is 0 Å². The average molecular weight is 320 g/mol. The van der Waals surface area contributed by atoms with Gasteiger partial charge in [0, 0.05) is 18.2 Å². The minimum atomic E-state index is -1.55. The first kappa shape index (κ1) is 15.6. The Kier molecular flexibility index (Phi) is 3.69. The highest BCUT2D eigenvalue weighted by Gasteiger charge is 2.68. The third-order valence-electron chi connectivity index (χ3n) is 4.45. The van der Waals surface area contributed by atoms with Crippen LogP contribution in [0.15, 0.2) is 24.3 Å². The second-order valence-electron chi connectivity index (χ2n) is 5.37. The van der Waals surface area contributed by atoms with E-state index < -0.39 is 35.7 Å². The highest BCUT2D eigenvalue weighted by atomic mass is 16.7. The Labute approximate surface area is 132 Å². The fourth-order valence-corrected chi connectivity index (χ4v) is 3.46. The van der Waals surface area contributed by atoms with Crippen molar-refractivity contribution in [3.8, 4) is 0 Å². The van der Waals surface area contributed by atoms with Crippen molar-refractivity contribution in [2.75, 3.05) is 21.3 Å². The van der Waals surface area contributed by atoms with Gasteiger partial charge in [0.25, 0.3) is 0 Å². The van der Waals surface area contributed by atoms with E-state index in [1.54, 1.807) is 24.3 Å². The van der Waals surface area contributed by atoms with Gasteiger partial charge in [-0.15, -0.1) is 0 Å². The molecule has 0 aliphatic carbocycles. The second-order valence-corrected chi connectivity index (χ2v) is 5.37. The SMILES string of the molecule is COC(=O)[C@@H]1[C@@H]2O[C@@](OC)(c3ccccc3C2=O)[C@H]1C(=O)OC. The zero-order valence-corrected chi connectivity index (χ0v) is 12.9. The highest BCUT2D eigenvalue weighted by Crippen LogP contribution is 2.53. The molecule has 0 spiro atoms. The summed E-state index contributed by atoms with van der Waals surface area (Å²) >= 11 is 0. The molecule has 122 valence electrons. The van der Waals surface area contributed by atoms with Crippen LogP contribution in [0.2, 0.25) is 0 Å². The summed E-state index contributed by atoms with van der Waals surface area (Å²) in [6.45, 7) is 0. The van der Waals surface area contributed by atoms with Crippen molar-refractivity contribution in [3.05, 3.63) is 35.4 Å². The maximum absolute atomic E-state index is 12.7. The van der Waals surface area contributed by atoms with Crippen LogP contribution >= 0.6 is 0 Å². The zero-order chi connectivity index (χ0) is 16.8. The van der Waals surface area contributed by atoms with Crippen LogP contribution in [-0.2, 0) is 34.3 Å². The highest BCUT2D eigenvalue weighted by molar-refractivity contribution is 6.06. The Bertz CT molecular complexity index is 683. The maximum Gasteiger partial charge on any atom is 0.315 e. The smallest absolute Gasteiger partial charge is 0.315 e. The van der Waals surface area contributed by atoms with E-state index in [9.17, 15) is 14.4 Å². The lowest BCUT2D eigenvalue weighted by atomic mass is 9.84. The number of hydrogen-bond donors (Lipinski definition) is 0. The summed E-state index contributed by atoms with van der Waals surface area (Å²) in [7, 11) is 3.76. The van der Waals surface area contributed by atoms with E-state index in [-0.39, 0.29) is 5.78 Å². The van der Waals surface area contributed by atoms with Crippen molar-refractivity contribution < 1.29 is 33.3 Å². The van der Waals surface area contributed by atoms with Crippen LogP contribution in [-0.4, -0.2) is 45.2 Å². The molecule has 1 saturated heterocycles. The molecule has 0 aromatic heterocycles. The number of Topliss-reactive ketones (excluding diaryl/α,β-unsaturated/α-hetero) is 1. The molecule has 1 aromatic carbocycles. The summed E-state index contributed by atoms with van der Waals surface area (Å²) in [6.07, 6.45) is -1.15. The minimum Gasteiger partial charge on any atom is -0.469 e. The van der Waals surface area contributed by atoms with Crippen molar-refractivity contribution >= 4 is 17.7 Å². The lowest BCUT2D eigenvalue weighted by molar-refractivity contribution is -0.240. The van der Waals surface area contributed by atoms with Gasteiger partial charge in [0.05, 0.1) is 14.2 Å². The Hall–Kier alpha value is -2.25. The molecule has 23 heavy (non-hydrogen) atoms. The third-order valence-corrected chi connectivity index (χ3v) is 4.45. The van der Waals surface area contributed by atoms with Gasteiger partial charge in [-0.05, 0) is 0 Å². The Morgan fingerprint density at radius 1 is 1.09 bits per heavy atom. The largest absolute Gasteiger partial charge is 0.469 e. The van der Waals surface area contributed by atoms with Gasteiger partial charge in [0.1, 0.15) is 17.9 Å².